The van der Waals surface area contributed by atoms with Gasteiger partial charge in [-0.3, -0.25) is 14.4 Å². The molecule has 5 heteroatoms. The van der Waals surface area contributed by atoms with Gasteiger partial charge in [-0.2, -0.15) is 0 Å². The minimum absolute atomic E-state index is 0.0796. The monoisotopic (exact) mass is 758 g/mol. The van der Waals surface area contributed by atoms with Crippen LogP contribution in [0.1, 0.15) is 67.6 Å². The SMILES string of the molecule is O=C(c1ccccc1)c1ccc(OC2(C(C(=O)C(c3ccccc3)C3(Oc4ccc(C(=O)c5ccccc5)cc4)C=CC=CC3)c3ccccc3)C=CC=CC2)cc1. The summed E-state index contributed by atoms with van der Waals surface area (Å²) in [4.78, 5) is 42.6. The van der Waals surface area contributed by atoms with Crippen molar-refractivity contribution in [3.63, 3.8) is 0 Å². The fourth-order valence-corrected chi connectivity index (χ4v) is 8.06. The highest BCUT2D eigenvalue weighted by Crippen LogP contribution is 2.48. The van der Waals surface area contributed by atoms with Gasteiger partial charge in [-0.15, -0.1) is 0 Å². The zero-order valence-corrected chi connectivity index (χ0v) is 31.9. The van der Waals surface area contributed by atoms with Crippen molar-refractivity contribution in [3.8, 4) is 11.5 Å². The van der Waals surface area contributed by atoms with E-state index in [2.05, 4.69) is 0 Å². The molecule has 0 amide bonds. The van der Waals surface area contributed by atoms with Crippen LogP contribution in [0.4, 0.5) is 0 Å². The lowest BCUT2D eigenvalue weighted by atomic mass is 9.66. The summed E-state index contributed by atoms with van der Waals surface area (Å²) in [6.45, 7) is 0. The Morgan fingerprint density at radius 3 is 1.05 bits per heavy atom. The number of carbonyl (C=O) groups is 3. The molecule has 284 valence electrons. The summed E-state index contributed by atoms with van der Waals surface area (Å²) in [5, 5.41) is 0. The largest absolute Gasteiger partial charge is 0.482 e. The zero-order chi connectivity index (χ0) is 39.8. The molecule has 0 N–H and O–H groups in total. The molecule has 0 fully saturated rings. The Kier molecular flexibility index (Phi) is 11.0. The Morgan fingerprint density at radius 1 is 0.397 bits per heavy atom. The lowest BCUT2D eigenvalue weighted by Gasteiger charge is -2.44. The van der Waals surface area contributed by atoms with Crippen LogP contribution in [0.5, 0.6) is 11.5 Å². The normalized spacial score (nSPS) is 19.2. The average Bonchev–Trinajstić information content (AvgIpc) is 3.28. The smallest absolute Gasteiger partial charge is 0.193 e. The first kappa shape index (κ1) is 37.8. The molecular weight excluding hydrogens is 717 g/mol. The Balaban J connectivity index is 1.19. The van der Waals surface area contributed by atoms with Crippen molar-refractivity contribution in [2.75, 3.05) is 0 Å². The van der Waals surface area contributed by atoms with Crippen LogP contribution in [0.15, 0.2) is 218 Å². The van der Waals surface area contributed by atoms with Gasteiger partial charge >= 0.3 is 0 Å². The number of hydrogen-bond acceptors (Lipinski definition) is 5. The van der Waals surface area contributed by atoms with Crippen LogP contribution in [0, 0.1) is 0 Å². The van der Waals surface area contributed by atoms with Crippen molar-refractivity contribution in [3.05, 3.63) is 252 Å². The number of rotatable bonds is 14. The Hall–Kier alpha value is -7.11. The molecule has 4 atom stereocenters. The highest BCUT2D eigenvalue weighted by Gasteiger charge is 2.52. The number of Topliss-reactive ketones (excluding diaryl/α,β-unsaturated/α-hetero) is 1. The molecule has 0 spiro atoms. The molecule has 5 nitrogen and oxygen atoms in total. The predicted molar refractivity (Wildman–Crippen MR) is 229 cm³/mol. The summed E-state index contributed by atoms with van der Waals surface area (Å²) >= 11 is 0. The van der Waals surface area contributed by atoms with E-state index in [9.17, 15) is 9.59 Å². The second kappa shape index (κ2) is 16.9. The first-order valence-electron chi connectivity index (χ1n) is 19.5. The highest BCUT2D eigenvalue weighted by atomic mass is 16.5. The molecule has 6 aromatic rings. The van der Waals surface area contributed by atoms with E-state index in [1.807, 2.05) is 146 Å². The van der Waals surface area contributed by atoms with Gasteiger partial charge in [0.25, 0.3) is 0 Å². The summed E-state index contributed by atoms with van der Waals surface area (Å²) in [5.41, 5.74) is 1.63. The van der Waals surface area contributed by atoms with Gasteiger partial charge in [0.2, 0.25) is 0 Å². The van der Waals surface area contributed by atoms with Crippen LogP contribution >= 0.6 is 0 Å². The molecule has 4 unspecified atom stereocenters. The maximum atomic E-state index is 16.1. The molecule has 0 bridgehead atoms. The van der Waals surface area contributed by atoms with Crippen molar-refractivity contribution in [1.82, 2.24) is 0 Å². The van der Waals surface area contributed by atoms with Crippen LogP contribution in [-0.2, 0) is 4.79 Å². The molecule has 8 rings (SSSR count). The lowest BCUT2D eigenvalue weighted by Crippen LogP contribution is -2.51. The summed E-state index contributed by atoms with van der Waals surface area (Å²) in [5.74, 6) is -0.764. The van der Waals surface area contributed by atoms with E-state index in [-0.39, 0.29) is 17.3 Å². The third kappa shape index (κ3) is 7.93. The summed E-state index contributed by atoms with van der Waals surface area (Å²) in [6.07, 6.45) is 16.7. The number of ether oxygens (including phenoxy) is 2. The highest BCUT2D eigenvalue weighted by molar-refractivity contribution is 6.09. The zero-order valence-electron chi connectivity index (χ0n) is 31.9. The van der Waals surface area contributed by atoms with Crippen molar-refractivity contribution in [1.29, 1.82) is 0 Å². The molecule has 0 radical (unpaired) electrons. The molecule has 2 aliphatic carbocycles. The standard InChI is InChI=1S/C53H42O5/c54-49(41-23-11-3-12-24-41)43-27-31-45(32-28-43)57-52(35-15-5-16-36-52)47(39-19-7-1-8-20-39)51(56)48(40-21-9-2-10-22-40)53(37-17-6-18-38-53)58-46-33-29-44(30-34-46)50(55)42-25-13-4-14-26-42/h1-35,37,47-48H,36,38H2. The molecule has 0 aromatic heterocycles. The van der Waals surface area contributed by atoms with Crippen LogP contribution in [-0.4, -0.2) is 28.6 Å². The third-order valence-electron chi connectivity index (χ3n) is 10.9. The van der Waals surface area contributed by atoms with Gasteiger partial charge in [-0.1, -0.05) is 158 Å². The fourth-order valence-electron chi connectivity index (χ4n) is 8.06. The quantitative estimate of drug-likeness (QED) is 0.103. The number of ketones is 3. The molecule has 0 aliphatic heterocycles. The van der Waals surface area contributed by atoms with E-state index in [0.717, 1.165) is 11.1 Å². The second-order valence-corrected chi connectivity index (χ2v) is 14.6. The predicted octanol–water partition coefficient (Wildman–Crippen LogP) is 11.3. The second-order valence-electron chi connectivity index (χ2n) is 14.6. The van der Waals surface area contributed by atoms with E-state index < -0.39 is 23.0 Å². The third-order valence-corrected chi connectivity index (χ3v) is 10.9. The Labute approximate surface area is 339 Å². The van der Waals surface area contributed by atoms with E-state index >= 15 is 4.79 Å². The number of hydrogen-bond donors (Lipinski definition) is 0. The van der Waals surface area contributed by atoms with Gasteiger partial charge < -0.3 is 9.47 Å². The first-order valence-corrected chi connectivity index (χ1v) is 19.5. The molecule has 58 heavy (non-hydrogen) atoms. The maximum Gasteiger partial charge on any atom is 0.193 e. The Bertz CT molecular complexity index is 2310. The summed E-state index contributed by atoms with van der Waals surface area (Å²) < 4.78 is 14.1. The average molecular weight is 759 g/mol. The lowest BCUT2D eigenvalue weighted by molar-refractivity contribution is -0.129. The van der Waals surface area contributed by atoms with Crippen LogP contribution < -0.4 is 9.47 Å². The number of benzene rings is 6. The minimum Gasteiger partial charge on any atom is -0.482 e. The summed E-state index contributed by atoms with van der Waals surface area (Å²) in [7, 11) is 0. The van der Waals surface area contributed by atoms with Gasteiger partial charge in [-0.05, 0) is 71.8 Å². The van der Waals surface area contributed by atoms with Crippen LogP contribution in [0.2, 0.25) is 0 Å². The molecule has 0 saturated heterocycles. The molecule has 0 saturated carbocycles. The molecule has 2 aliphatic rings. The van der Waals surface area contributed by atoms with Crippen molar-refractivity contribution in [2.45, 2.75) is 35.9 Å². The van der Waals surface area contributed by atoms with Gasteiger partial charge in [0.1, 0.15) is 22.7 Å². The molecule has 0 heterocycles. The number of carbonyl (C=O) groups excluding carboxylic acids is 3. The van der Waals surface area contributed by atoms with Crippen molar-refractivity contribution >= 4 is 17.3 Å². The van der Waals surface area contributed by atoms with Crippen LogP contribution in [0.25, 0.3) is 0 Å². The van der Waals surface area contributed by atoms with Gasteiger partial charge in [0.05, 0.1) is 11.8 Å². The maximum absolute atomic E-state index is 16.1. The van der Waals surface area contributed by atoms with Gasteiger partial charge in [0.15, 0.2) is 17.3 Å². The van der Waals surface area contributed by atoms with Crippen molar-refractivity contribution < 1.29 is 23.9 Å². The van der Waals surface area contributed by atoms with E-state index in [1.54, 1.807) is 72.8 Å². The molecular formula is C53H42O5. The topological polar surface area (TPSA) is 69.7 Å². The minimum atomic E-state index is -1.14. The van der Waals surface area contributed by atoms with E-state index in [1.165, 1.54) is 0 Å². The van der Waals surface area contributed by atoms with E-state index in [0.29, 0.717) is 46.6 Å². The van der Waals surface area contributed by atoms with Crippen molar-refractivity contribution in [2.24, 2.45) is 0 Å². The fraction of sp³-hybridized carbons (Fsp3) is 0.113. The van der Waals surface area contributed by atoms with E-state index in [4.69, 9.17) is 9.47 Å². The molecule has 6 aromatic carbocycles. The Morgan fingerprint density at radius 2 is 0.724 bits per heavy atom. The first-order chi connectivity index (χ1) is 28.4. The van der Waals surface area contributed by atoms with Gasteiger partial charge in [0, 0.05) is 35.1 Å². The van der Waals surface area contributed by atoms with Crippen LogP contribution in [0.3, 0.4) is 0 Å². The summed E-state index contributed by atoms with van der Waals surface area (Å²) in [6, 6.07) is 52.3. The van der Waals surface area contributed by atoms with Gasteiger partial charge in [-0.25, -0.2) is 0 Å². The number of allylic oxidation sites excluding steroid dienone is 4.